The molecule has 0 spiro atoms. The van der Waals surface area contributed by atoms with Crippen LogP contribution in [-0.2, 0) is 25.6 Å². The van der Waals surface area contributed by atoms with Gasteiger partial charge in [-0.15, -0.1) is 0 Å². The molecule has 18 nitrogen and oxygen atoms in total. The van der Waals surface area contributed by atoms with Gasteiger partial charge in [0, 0.05) is 69.9 Å². The van der Waals surface area contributed by atoms with Gasteiger partial charge in [-0.25, -0.2) is 4.39 Å². The molecule has 0 radical (unpaired) electrons. The maximum Gasteiger partial charge on any atom is 0.255 e. The zero-order valence-electron chi connectivity index (χ0n) is 36.0. The van der Waals surface area contributed by atoms with E-state index in [2.05, 4.69) is 31.5 Å². The Kier molecular flexibility index (Phi) is 14.5. The van der Waals surface area contributed by atoms with Gasteiger partial charge >= 0.3 is 0 Å². The molecular formula is C45H56FN9O9. The minimum atomic E-state index is -1.08. The third-order valence-electron chi connectivity index (χ3n) is 11.9. The molecule has 342 valence electrons. The molecule has 4 aliphatic rings. The fourth-order valence-corrected chi connectivity index (χ4v) is 8.36. The number of benzene rings is 3. The minimum absolute atomic E-state index is 0.00938. The Morgan fingerprint density at radius 3 is 2.47 bits per heavy atom. The summed E-state index contributed by atoms with van der Waals surface area (Å²) in [6.07, 6.45) is 0.586. The van der Waals surface area contributed by atoms with E-state index in [4.69, 9.17) is 15.2 Å². The highest BCUT2D eigenvalue weighted by atomic mass is 19.1. The molecule has 64 heavy (non-hydrogen) atoms. The quantitative estimate of drug-likeness (QED) is 0.106. The number of nitrogens with two attached hydrogens (primary N) is 1. The molecule has 7 rings (SSSR count). The van der Waals surface area contributed by atoms with E-state index in [9.17, 15) is 33.9 Å². The second-order valence-electron chi connectivity index (χ2n) is 16.7. The van der Waals surface area contributed by atoms with Crippen LogP contribution in [0.4, 0.5) is 21.5 Å². The summed E-state index contributed by atoms with van der Waals surface area (Å²) in [6, 6.07) is 10.5. The van der Waals surface area contributed by atoms with Crippen molar-refractivity contribution < 1.29 is 47.7 Å². The number of aromatic hydroxyl groups is 1. The van der Waals surface area contributed by atoms with E-state index >= 15 is 4.39 Å². The van der Waals surface area contributed by atoms with Crippen LogP contribution in [0.15, 0.2) is 48.5 Å². The van der Waals surface area contributed by atoms with Crippen LogP contribution in [0.3, 0.4) is 0 Å². The van der Waals surface area contributed by atoms with Crippen molar-refractivity contribution in [3.05, 3.63) is 71.0 Å². The van der Waals surface area contributed by atoms with Crippen molar-refractivity contribution in [3.8, 4) is 17.2 Å². The first-order valence-corrected chi connectivity index (χ1v) is 21.7. The molecule has 0 aliphatic carbocycles. The van der Waals surface area contributed by atoms with Crippen LogP contribution in [0.2, 0.25) is 0 Å². The van der Waals surface area contributed by atoms with Gasteiger partial charge in [-0.05, 0) is 81.7 Å². The second kappa shape index (κ2) is 20.4. The number of rotatable bonds is 11. The Hall–Kier alpha value is -6.47. The van der Waals surface area contributed by atoms with Crippen molar-refractivity contribution in [2.24, 2.45) is 11.7 Å². The van der Waals surface area contributed by atoms with Gasteiger partial charge in [-0.1, -0.05) is 12.1 Å². The number of phenols is 1. The second-order valence-corrected chi connectivity index (χ2v) is 16.7. The highest BCUT2D eigenvalue weighted by Gasteiger charge is 2.44. The van der Waals surface area contributed by atoms with Crippen LogP contribution in [0.5, 0.6) is 17.2 Å². The molecule has 4 heterocycles. The normalized spacial score (nSPS) is 21.8. The van der Waals surface area contributed by atoms with Crippen molar-refractivity contribution in [1.82, 2.24) is 26.2 Å². The number of ether oxygens (including phenoxy) is 2. The summed E-state index contributed by atoms with van der Waals surface area (Å²) < 4.78 is 28.0. The lowest BCUT2D eigenvalue weighted by molar-refractivity contribution is -0.129. The van der Waals surface area contributed by atoms with Gasteiger partial charge in [0.2, 0.25) is 23.6 Å². The van der Waals surface area contributed by atoms with Gasteiger partial charge in [0.1, 0.15) is 42.4 Å². The highest BCUT2D eigenvalue weighted by Crippen LogP contribution is 2.49. The average Bonchev–Trinajstić information content (AvgIpc) is 3.27. The number of phenolic OH excluding ortho intramolecular Hbond substituents is 1. The van der Waals surface area contributed by atoms with E-state index in [1.165, 1.54) is 30.3 Å². The average molecular weight is 886 g/mol. The van der Waals surface area contributed by atoms with E-state index in [0.717, 1.165) is 18.7 Å². The number of carbonyl (C=O) groups is 6. The minimum Gasteiger partial charge on any atom is -0.508 e. The smallest absolute Gasteiger partial charge is 0.255 e. The number of Topliss-reactive ketones (excluding diaryl/α,β-unsaturated/α-hetero) is 1. The van der Waals surface area contributed by atoms with E-state index in [-0.39, 0.29) is 99.4 Å². The van der Waals surface area contributed by atoms with Gasteiger partial charge in [0.15, 0.2) is 17.3 Å². The number of hydrogen-bond donors (Lipinski definition) is 7. The Balaban J connectivity index is 0.972. The van der Waals surface area contributed by atoms with Crippen LogP contribution in [0.1, 0.15) is 58.9 Å². The summed E-state index contributed by atoms with van der Waals surface area (Å²) in [5, 5.41) is 23.7. The molecule has 8 N–H and O–H groups in total. The zero-order valence-corrected chi connectivity index (χ0v) is 36.0. The van der Waals surface area contributed by atoms with Crippen LogP contribution in [0.25, 0.3) is 0 Å². The predicted octanol–water partition coefficient (Wildman–Crippen LogP) is 1.29. The topological polar surface area (TPSA) is 237 Å². The lowest BCUT2D eigenvalue weighted by Gasteiger charge is -2.44. The maximum atomic E-state index is 15.8. The summed E-state index contributed by atoms with van der Waals surface area (Å²) in [7, 11) is 2.01. The molecule has 0 saturated carbocycles. The molecule has 19 heteroatoms. The molecule has 0 bridgehead atoms. The number of ketones is 1. The number of halogens is 1. The monoisotopic (exact) mass is 885 g/mol. The third-order valence-corrected chi connectivity index (χ3v) is 11.9. The number of carbonyl (C=O) groups excluding carboxylic acids is 6. The van der Waals surface area contributed by atoms with Crippen LogP contribution < -0.4 is 51.6 Å². The fraction of sp³-hybridized carbons (Fsp3) is 0.467. The fourth-order valence-electron chi connectivity index (χ4n) is 8.36. The van der Waals surface area contributed by atoms with Crippen molar-refractivity contribution in [2.45, 2.75) is 57.2 Å². The predicted molar refractivity (Wildman–Crippen MR) is 235 cm³/mol. The standard InChI is InChI=1S/C45H56FN9O9/c1-26-24-64-42-39-32(22-34(46)40(42)54-18-16-53(2)17-19-54)41(59)33(23-55(26)39)44(61)48-14-3-4-37(57)50-28-7-10-36-31(21-28)43(60)49-15-12-38(58)52-35(11-13-47)45(62)51-29(25-63-36)20-27-5-8-30(56)9-6-27/h5-10,21-22,26,29,33,35,56H,3-4,11-20,23-25,47H2,1-2H3,(H,48,61)(H,49,60)(H,50,57)(H,51,62)(H,52,58)/t26?,29-,33?,35+/m1/s1. The van der Waals surface area contributed by atoms with Crippen molar-refractivity contribution in [3.63, 3.8) is 0 Å². The van der Waals surface area contributed by atoms with E-state index in [0.29, 0.717) is 36.6 Å². The number of nitrogens with zero attached hydrogens (tertiary/aromatic N) is 3. The summed E-state index contributed by atoms with van der Waals surface area (Å²) in [5.74, 6) is -3.93. The Morgan fingerprint density at radius 2 is 1.72 bits per heavy atom. The van der Waals surface area contributed by atoms with Gasteiger partial charge in [0.25, 0.3) is 5.91 Å². The number of fused-ring (bicyclic) bond motifs is 1. The Morgan fingerprint density at radius 1 is 0.953 bits per heavy atom. The molecule has 0 aromatic heterocycles. The number of piperazine rings is 1. The molecule has 4 aliphatic heterocycles. The molecule has 3 aromatic rings. The molecule has 1 fully saturated rings. The van der Waals surface area contributed by atoms with E-state index in [1.807, 2.05) is 23.8 Å². The first kappa shape index (κ1) is 45.6. The SMILES string of the molecule is CC1COc2c(N3CCN(C)CC3)c(F)cc3c2N1CC(C(=O)NCCCC(=O)Nc1ccc2c(c1)C(=O)NCCC(=O)N[C@@H](CCN)C(=O)N[C@H](Cc1ccc(O)cc1)CO2)C3=O. The number of hydrogen-bond acceptors (Lipinski definition) is 13. The van der Waals surface area contributed by atoms with Crippen LogP contribution >= 0.6 is 0 Å². The number of likely N-dealkylation sites (N-methyl/N-ethyl adjacent to an activating group) is 1. The van der Waals surface area contributed by atoms with Gasteiger partial charge < -0.3 is 61.6 Å². The summed E-state index contributed by atoms with van der Waals surface area (Å²) in [6.45, 7) is 5.17. The molecule has 5 amide bonds. The molecule has 2 unspecified atom stereocenters. The third kappa shape index (κ3) is 10.6. The number of nitrogens with one attached hydrogen (secondary N) is 5. The highest BCUT2D eigenvalue weighted by molar-refractivity contribution is 6.16. The summed E-state index contributed by atoms with van der Waals surface area (Å²) in [5.41, 5.74) is 7.87. The van der Waals surface area contributed by atoms with Crippen LogP contribution in [-0.4, -0.2) is 136 Å². The largest absolute Gasteiger partial charge is 0.508 e. The molecule has 3 aromatic carbocycles. The molecule has 1 saturated heterocycles. The Labute approximate surface area is 370 Å². The summed E-state index contributed by atoms with van der Waals surface area (Å²) in [4.78, 5) is 86.1. The lowest BCUT2D eigenvalue weighted by Crippen LogP contribution is -2.53. The maximum absolute atomic E-state index is 15.8. The van der Waals surface area contributed by atoms with E-state index in [1.54, 1.807) is 18.2 Å². The van der Waals surface area contributed by atoms with E-state index < -0.39 is 59.1 Å². The lowest BCUT2D eigenvalue weighted by atomic mass is 9.87. The number of anilines is 3. The molecular weight excluding hydrogens is 830 g/mol. The zero-order chi connectivity index (χ0) is 45.5. The first-order chi connectivity index (χ1) is 30.8. The summed E-state index contributed by atoms with van der Waals surface area (Å²) >= 11 is 0. The first-order valence-electron chi connectivity index (χ1n) is 21.7. The van der Waals surface area contributed by atoms with Gasteiger partial charge in [-0.2, -0.15) is 0 Å². The molecule has 4 atom stereocenters. The van der Waals surface area contributed by atoms with Gasteiger partial charge in [-0.3, -0.25) is 28.8 Å². The Bertz CT molecular complexity index is 2250. The van der Waals surface area contributed by atoms with Gasteiger partial charge in [0.05, 0.1) is 23.3 Å². The van der Waals surface area contributed by atoms with Crippen LogP contribution in [0, 0.1) is 11.7 Å². The number of amides is 5. The van der Waals surface area contributed by atoms with Crippen molar-refractivity contribution in [2.75, 3.05) is 87.7 Å². The van der Waals surface area contributed by atoms with Crippen molar-refractivity contribution >= 4 is 52.4 Å². The van der Waals surface area contributed by atoms with Crippen molar-refractivity contribution in [1.29, 1.82) is 0 Å².